The van der Waals surface area contributed by atoms with E-state index in [-0.39, 0.29) is 18.3 Å². The fourth-order valence-corrected chi connectivity index (χ4v) is 3.26. The molecule has 3 nitrogen and oxygen atoms in total. The lowest BCUT2D eigenvalue weighted by molar-refractivity contribution is 0.0707. The summed E-state index contributed by atoms with van der Waals surface area (Å²) >= 11 is 0. The molecule has 0 aromatic heterocycles. The minimum Gasteiger partial charge on any atom is -0.339 e. The molecule has 1 N–H and O–H groups in total. The molecule has 0 radical (unpaired) electrons. The Morgan fingerprint density at radius 3 is 2.60 bits per heavy atom. The number of carbonyl (C=O) groups is 1. The fourth-order valence-electron chi connectivity index (χ4n) is 3.26. The first-order valence-electron chi connectivity index (χ1n) is 7.36. The van der Waals surface area contributed by atoms with Gasteiger partial charge in [-0.15, -0.1) is 12.4 Å². The van der Waals surface area contributed by atoms with E-state index in [1.54, 1.807) is 0 Å². The molecule has 1 aliphatic heterocycles. The topological polar surface area (TPSA) is 32.3 Å². The summed E-state index contributed by atoms with van der Waals surface area (Å²) < 4.78 is 0. The van der Waals surface area contributed by atoms with E-state index in [1.165, 1.54) is 24.0 Å². The minimum atomic E-state index is 0. The molecule has 20 heavy (non-hydrogen) atoms. The quantitative estimate of drug-likeness (QED) is 0.908. The zero-order valence-corrected chi connectivity index (χ0v) is 12.8. The average molecular weight is 295 g/mol. The summed E-state index contributed by atoms with van der Waals surface area (Å²) in [6.07, 6.45) is 5.68. The van der Waals surface area contributed by atoms with Crippen LogP contribution in [0.15, 0.2) is 18.2 Å². The van der Waals surface area contributed by atoms with Gasteiger partial charge < -0.3 is 10.2 Å². The van der Waals surface area contributed by atoms with Gasteiger partial charge >= 0.3 is 0 Å². The highest BCUT2D eigenvalue weighted by Gasteiger charge is 2.23. The van der Waals surface area contributed by atoms with Gasteiger partial charge in [0.05, 0.1) is 0 Å². The van der Waals surface area contributed by atoms with Crippen LogP contribution in [0, 0.1) is 0 Å². The van der Waals surface area contributed by atoms with Crippen molar-refractivity contribution in [1.82, 2.24) is 10.2 Å². The van der Waals surface area contributed by atoms with Crippen molar-refractivity contribution in [3.63, 3.8) is 0 Å². The number of benzene rings is 1. The van der Waals surface area contributed by atoms with Crippen LogP contribution in [0.4, 0.5) is 0 Å². The molecule has 1 saturated heterocycles. The largest absolute Gasteiger partial charge is 0.339 e. The van der Waals surface area contributed by atoms with E-state index >= 15 is 0 Å². The van der Waals surface area contributed by atoms with E-state index in [4.69, 9.17) is 0 Å². The Hall–Kier alpha value is -1.06. The van der Waals surface area contributed by atoms with Gasteiger partial charge in [-0.2, -0.15) is 0 Å². The predicted molar refractivity (Wildman–Crippen MR) is 83.7 cm³/mol. The number of halogens is 1. The maximum absolute atomic E-state index is 12.5. The van der Waals surface area contributed by atoms with Crippen LogP contribution < -0.4 is 5.32 Å². The first-order valence-corrected chi connectivity index (χ1v) is 7.36. The number of hydrogen-bond acceptors (Lipinski definition) is 2. The van der Waals surface area contributed by atoms with Crippen LogP contribution in [-0.4, -0.2) is 37.0 Å². The third kappa shape index (κ3) is 2.99. The third-order valence-corrected chi connectivity index (χ3v) is 4.54. The van der Waals surface area contributed by atoms with E-state index in [0.717, 1.165) is 37.9 Å². The van der Waals surface area contributed by atoms with Crippen LogP contribution in [0.5, 0.6) is 0 Å². The fraction of sp³-hybridized carbons (Fsp3) is 0.562. The lowest BCUT2D eigenvalue weighted by Crippen LogP contribution is -2.43. The Bertz CT molecular complexity index is 481. The summed E-state index contributed by atoms with van der Waals surface area (Å²) in [6, 6.07) is 6.85. The number of hydrogen-bond donors (Lipinski definition) is 1. The smallest absolute Gasteiger partial charge is 0.253 e. The Morgan fingerprint density at radius 1 is 1.20 bits per heavy atom. The number of fused-ring (bicyclic) bond motifs is 1. The second-order valence-corrected chi connectivity index (χ2v) is 5.69. The summed E-state index contributed by atoms with van der Waals surface area (Å²) in [5, 5.41) is 3.30. The van der Waals surface area contributed by atoms with Crippen molar-refractivity contribution >= 4 is 18.3 Å². The highest BCUT2D eigenvalue weighted by molar-refractivity contribution is 5.94. The van der Waals surface area contributed by atoms with Gasteiger partial charge in [0.2, 0.25) is 0 Å². The normalized spacial score (nSPS) is 18.6. The molecular weight excluding hydrogens is 272 g/mol. The first-order chi connectivity index (χ1) is 9.28. The SMILES string of the molecule is CNC1CCN(C(=O)c2ccc3c(c2)CCC3)CC1.Cl. The van der Waals surface area contributed by atoms with Gasteiger partial charge in [0.15, 0.2) is 0 Å². The van der Waals surface area contributed by atoms with Gasteiger partial charge in [0.25, 0.3) is 5.91 Å². The summed E-state index contributed by atoms with van der Waals surface area (Å²) in [4.78, 5) is 14.5. The Balaban J connectivity index is 0.00000147. The summed E-state index contributed by atoms with van der Waals surface area (Å²) in [5.41, 5.74) is 3.70. The molecule has 110 valence electrons. The maximum Gasteiger partial charge on any atom is 0.253 e. The van der Waals surface area contributed by atoms with E-state index in [2.05, 4.69) is 17.4 Å². The molecule has 0 spiro atoms. The summed E-state index contributed by atoms with van der Waals surface area (Å²) in [5.74, 6) is 0.212. The number of likely N-dealkylation sites (tertiary alicyclic amines) is 1. The lowest BCUT2D eigenvalue weighted by atomic mass is 10.0. The van der Waals surface area contributed by atoms with Gasteiger partial charge in [-0.05, 0) is 62.4 Å². The highest BCUT2D eigenvalue weighted by Crippen LogP contribution is 2.24. The number of rotatable bonds is 2. The first kappa shape index (κ1) is 15.3. The molecule has 1 aromatic carbocycles. The lowest BCUT2D eigenvalue weighted by Gasteiger charge is -2.32. The highest BCUT2D eigenvalue weighted by atomic mass is 35.5. The number of aryl methyl sites for hydroxylation is 2. The Kier molecular flexibility index (Phi) is 5.06. The standard InChI is InChI=1S/C16H22N2O.ClH/c1-17-15-7-9-18(10-8-15)16(19)14-6-5-12-3-2-4-13(12)11-14;/h5-6,11,15,17H,2-4,7-10H2,1H3;1H. The molecule has 4 heteroatoms. The molecule has 1 aliphatic carbocycles. The van der Waals surface area contributed by atoms with Crippen LogP contribution in [0.2, 0.25) is 0 Å². The zero-order chi connectivity index (χ0) is 13.2. The zero-order valence-electron chi connectivity index (χ0n) is 12.0. The number of piperidine rings is 1. The second kappa shape index (κ2) is 6.59. The van der Waals surface area contributed by atoms with Crippen LogP contribution >= 0.6 is 12.4 Å². The van der Waals surface area contributed by atoms with Crippen molar-refractivity contribution in [2.45, 2.75) is 38.1 Å². The van der Waals surface area contributed by atoms with Crippen molar-refractivity contribution in [3.05, 3.63) is 34.9 Å². The molecule has 1 fully saturated rings. The maximum atomic E-state index is 12.5. The van der Waals surface area contributed by atoms with Crippen molar-refractivity contribution < 1.29 is 4.79 Å². The van der Waals surface area contributed by atoms with Crippen molar-refractivity contribution in [1.29, 1.82) is 0 Å². The van der Waals surface area contributed by atoms with Crippen molar-refractivity contribution in [2.24, 2.45) is 0 Å². The monoisotopic (exact) mass is 294 g/mol. The van der Waals surface area contributed by atoms with E-state index in [9.17, 15) is 4.79 Å². The minimum absolute atomic E-state index is 0. The van der Waals surface area contributed by atoms with E-state index in [0.29, 0.717) is 6.04 Å². The van der Waals surface area contributed by atoms with E-state index < -0.39 is 0 Å². The molecule has 0 bridgehead atoms. The molecular formula is C16H23ClN2O. The second-order valence-electron chi connectivity index (χ2n) is 5.69. The van der Waals surface area contributed by atoms with Gasteiger partial charge in [-0.25, -0.2) is 0 Å². The van der Waals surface area contributed by atoms with Gasteiger partial charge in [0, 0.05) is 24.7 Å². The average Bonchev–Trinajstić information content (AvgIpc) is 2.94. The summed E-state index contributed by atoms with van der Waals surface area (Å²) in [6.45, 7) is 1.75. The van der Waals surface area contributed by atoms with E-state index in [1.807, 2.05) is 18.0 Å². The molecule has 0 saturated carbocycles. The summed E-state index contributed by atoms with van der Waals surface area (Å²) in [7, 11) is 2.00. The molecule has 0 unspecified atom stereocenters. The molecule has 1 aromatic rings. The van der Waals surface area contributed by atoms with Crippen LogP contribution in [0.1, 0.15) is 40.7 Å². The molecule has 3 rings (SSSR count). The Labute approximate surface area is 127 Å². The number of amides is 1. The Morgan fingerprint density at radius 2 is 1.90 bits per heavy atom. The number of carbonyl (C=O) groups excluding carboxylic acids is 1. The predicted octanol–water partition coefficient (Wildman–Crippen LogP) is 2.42. The third-order valence-electron chi connectivity index (χ3n) is 4.54. The van der Waals surface area contributed by atoms with Crippen molar-refractivity contribution in [2.75, 3.05) is 20.1 Å². The van der Waals surface area contributed by atoms with Crippen LogP contribution in [-0.2, 0) is 12.8 Å². The van der Waals surface area contributed by atoms with Gasteiger partial charge in [0.1, 0.15) is 0 Å². The van der Waals surface area contributed by atoms with Crippen molar-refractivity contribution in [3.8, 4) is 0 Å². The molecule has 0 atom stereocenters. The number of nitrogens with zero attached hydrogens (tertiary/aromatic N) is 1. The van der Waals surface area contributed by atoms with Gasteiger partial charge in [-0.1, -0.05) is 6.07 Å². The molecule has 2 aliphatic rings. The van der Waals surface area contributed by atoms with Gasteiger partial charge in [-0.3, -0.25) is 4.79 Å². The van der Waals surface area contributed by atoms with Crippen LogP contribution in [0.25, 0.3) is 0 Å². The molecule has 1 heterocycles. The molecule has 1 amide bonds. The number of nitrogens with one attached hydrogen (secondary N) is 1. The van der Waals surface area contributed by atoms with Crippen LogP contribution in [0.3, 0.4) is 0 Å².